The van der Waals surface area contributed by atoms with Crippen LogP contribution in [0, 0.1) is 6.92 Å². The number of rotatable bonds is 5. The summed E-state index contributed by atoms with van der Waals surface area (Å²) in [6.45, 7) is 1.79. The van der Waals surface area contributed by atoms with E-state index in [0.717, 1.165) is 5.56 Å². The predicted molar refractivity (Wildman–Crippen MR) is 98.9 cm³/mol. The zero-order valence-corrected chi connectivity index (χ0v) is 14.8. The van der Waals surface area contributed by atoms with Crippen molar-refractivity contribution in [3.8, 4) is 0 Å². The molecule has 0 spiro atoms. The number of hydrogen-bond acceptors (Lipinski definition) is 4. The van der Waals surface area contributed by atoms with Crippen molar-refractivity contribution >= 4 is 23.4 Å². The van der Waals surface area contributed by atoms with Crippen LogP contribution in [-0.4, -0.2) is 39.3 Å². The van der Waals surface area contributed by atoms with Gasteiger partial charge in [0.1, 0.15) is 5.76 Å². The Labute approximate surface area is 156 Å². The van der Waals surface area contributed by atoms with Crippen molar-refractivity contribution in [2.24, 2.45) is 0 Å². The van der Waals surface area contributed by atoms with Gasteiger partial charge in [-0.25, -0.2) is 0 Å². The highest BCUT2D eigenvalue weighted by molar-refractivity contribution is 6.46. The minimum Gasteiger partial charge on any atom is -0.507 e. The van der Waals surface area contributed by atoms with E-state index < -0.39 is 23.7 Å². The first-order valence-electron chi connectivity index (χ1n) is 8.52. The van der Waals surface area contributed by atoms with Crippen LogP contribution in [0.4, 0.5) is 0 Å². The van der Waals surface area contributed by atoms with E-state index in [9.17, 15) is 19.5 Å². The molecule has 27 heavy (non-hydrogen) atoms. The topological polar surface area (TPSA) is 94.9 Å². The lowest BCUT2D eigenvalue weighted by molar-refractivity contribution is -0.142. The molecule has 1 fully saturated rings. The highest BCUT2D eigenvalue weighted by atomic mass is 16.4. The molecule has 6 nitrogen and oxygen atoms in total. The molecule has 2 aromatic rings. The third kappa shape index (κ3) is 3.60. The molecule has 2 aromatic carbocycles. The Morgan fingerprint density at radius 2 is 1.63 bits per heavy atom. The van der Waals surface area contributed by atoms with Crippen molar-refractivity contribution in [3.05, 3.63) is 76.9 Å². The third-order valence-electron chi connectivity index (χ3n) is 4.55. The maximum atomic E-state index is 12.7. The molecule has 1 saturated heterocycles. The van der Waals surface area contributed by atoms with Crippen molar-refractivity contribution < 1.29 is 24.6 Å². The Kier molecular flexibility index (Phi) is 5.07. The van der Waals surface area contributed by atoms with Gasteiger partial charge in [-0.1, -0.05) is 60.2 Å². The first-order valence-corrected chi connectivity index (χ1v) is 8.52. The number of aliphatic hydroxyl groups excluding tert-OH is 1. The van der Waals surface area contributed by atoms with Crippen LogP contribution in [0.2, 0.25) is 0 Å². The summed E-state index contributed by atoms with van der Waals surface area (Å²) in [7, 11) is 0. The number of aryl methyl sites for hydroxylation is 1. The van der Waals surface area contributed by atoms with Crippen LogP contribution in [0.1, 0.15) is 29.2 Å². The van der Waals surface area contributed by atoms with Crippen LogP contribution in [0.3, 0.4) is 0 Å². The average molecular weight is 365 g/mol. The molecule has 1 atom stereocenters. The fourth-order valence-electron chi connectivity index (χ4n) is 3.17. The molecule has 1 aliphatic heterocycles. The van der Waals surface area contributed by atoms with Gasteiger partial charge in [0.2, 0.25) is 0 Å². The summed E-state index contributed by atoms with van der Waals surface area (Å²) >= 11 is 0. The smallest absolute Gasteiger partial charge is 0.305 e. The number of nitrogens with zero attached hydrogens (tertiary/aromatic N) is 1. The normalized spacial score (nSPS) is 18.7. The van der Waals surface area contributed by atoms with Crippen molar-refractivity contribution in [1.29, 1.82) is 0 Å². The number of amides is 1. The highest BCUT2D eigenvalue weighted by Gasteiger charge is 2.45. The largest absolute Gasteiger partial charge is 0.507 e. The van der Waals surface area contributed by atoms with E-state index >= 15 is 0 Å². The summed E-state index contributed by atoms with van der Waals surface area (Å²) in [5.41, 5.74) is 2.04. The molecule has 6 heteroatoms. The van der Waals surface area contributed by atoms with Gasteiger partial charge in [0, 0.05) is 12.1 Å². The Morgan fingerprint density at radius 1 is 1.00 bits per heavy atom. The quantitative estimate of drug-likeness (QED) is 0.483. The monoisotopic (exact) mass is 365 g/mol. The van der Waals surface area contributed by atoms with Gasteiger partial charge in [0.15, 0.2) is 0 Å². The number of aliphatic carboxylic acids is 1. The summed E-state index contributed by atoms with van der Waals surface area (Å²) in [4.78, 5) is 37.4. The summed E-state index contributed by atoms with van der Waals surface area (Å²) in [5.74, 6) is -2.95. The van der Waals surface area contributed by atoms with Crippen LogP contribution in [0.15, 0.2) is 60.2 Å². The molecule has 0 saturated carbocycles. The lowest BCUT2D eigenvalue weighted by Gasteiger charge is -2.24. The fraction of sp³-hybridized carbons (Fsp3) is 0.190. The van der Waals surface area contributed by atoms with Crippen LogP contribution >= 0.6 is 0 Å². The zero-order valence-electron chi connectivity index (χ0n) is 14.8. The van der Waals surface area contributed by atoms with Crippen LogP contribution in [0.25, 0.3) is 5.76 Å². The highest BCUT2D eigenvalue weighted by Crippen LogP contribution is 2.39. The van der Waals surface area contributed by atoms with Gasteiger partial charge in [-0.2, -0.15) is 0 Å². The molecule has 0 aromatic heterocycles. The Balaban J connectivity index is 2.14. The molecule has 0 bridgehead atoms. The molecule has 0 radical (unpaired) electrons. The molecule has 0 unspecified atom stereocenters. The standard InChI is InChI=1S/C21H19NO5/c1-13-7-9-14(10-8-13)18-17(19(25)15-5-3-2-4-6-15)20(26)21(27)22(18)12-11-16(23)24/h2-10,18,25H,11-12H2,1H3,(H,23,24)/t18-/m0/s1. The van der Waals surface area contributed by atoms with E-state index in [1.807, 2.05) is 19.1 Å². The number of likely N-dealkylation sites (tertiary alicyclic amines) is 1. The number of aliphatic hydroxyl groups is 1. The number of hydrogen-bond donors (Lipinski definition) is 2. The minimum absolute atomic E-state index is 0.0274. The van der Waals surface area contributed by atoms with Crippen LogP contribution < -0.4 is 0 Å². The summed E-state index contributed by atoms with van der Waals surface area (Å²) in [6.07, 6.45) is -0.291. The van der Waals surface area contributed by atoms with Gasteiger partial charge in [0.25, 0.3) is 11.7 Å². The molecule has 1 aliphatic rings. The number of carboxylic acids is 1. The lowest BCUT2D eigenvalue weighted by atomic mass is 9.94. The maximum Gasteiger partial charge on any atom is 0.305 e. The van der Waals surface area contributed by atoms with Crippen molar-refractivity contribution in [2.75, 3.05) is 6.54 Å². The fourth-order valence-corrected chi connectivity index (χ4v) is 3.17. The molecule has 1 heterocycles. The molecular weight excluding hydrogens is 346 g/mol. The number of carboxylic acid groups (broad SMARTS) is 1. The Morgan fingerprint density at radius 3 is 2.22 bits per heavy atom. The van der Waals surface area contributed by atoms with Gasteiger partial charge in [0.05, 0.1) is 18.0 Å². The first-order chi connectivity index (χ1) is 12.9. The zero-order chi connectivity index (χ0) is 19.6. The van der Waals surface area contributed by atoms with Gasteiger partial charge < -0.3 is 15.1 Å². The molecular formula is C21H19NO5. The third-order valence-corrected chi connectivity index (χ3v) is 4.55. The predicted octanol–water partition coefficient (Wildman–Crippen LogP) is 2.89. The maximum absolute atomic E-state index is 12.7. The number of ketones is 1. The molecule has 1 amide bonds. The molecule has 0 aliphatic carbocycles. The number of Topliss-reactive ketones (excluding diaryl/α,β-unsaturated/α-hetero) is 1. The van der Waals surface area contributed by atoms with Gasteiger partial charge in [-0.05, 0) is 12.5 Å². The Hall–Kier alpha value is -3.41. The Bertz CT molecular complexity index is 915. The van der Waals surface area contributed by atoms with E-state index in [4.69, 9.17) is 5.11 Å². The molecule has 138 valence electrons. The number of benzene rings is 2. The van der Waals surface area contributed by atoms with Gasteiger partial charge in [-0.15, -0.1) is 0 Å². The molecule has 3 rings (SSSR count). The second-order valence-corrected chi connectivity index (χ2v) is 6.41. The van der Waals surface area contributed by atoms with E-state index in [2.05, 4.69) is 0 Å². The second-order valence-electron chi connectivity index (χ2n) is 6.41. The first kappa shape index (κ1) is 18.4. The second kappa shape index (κ2) is 7.45. The van der Waals surface area contributed by atoms with Gasteiger partial charge >= 0.3 is 5.97 Å². The van der Waals surface area contributed by atoms with Crippen LogP contribution in [0.5, 0.6) is 0 Å². The minimum atomic E-state index is -1.07. The van der Waals surface area contributed by atoms with Crippen molar-refractivity contribution in [2.45, 2.75) is 19.4 Å². The van der Waals surface area contributed by atoms with Gasteiger partial charge in [-0.3, -0.25) is 14.4 Å². The number of carbonyl (C=O) groups excluding carboxylic acids is 2. The summed E-state index contributed by atoms with van der Waals surface area (Å²) < 4.78 is 0. The lowest BCUT2D eigenvalue weighted by Crippen LogP contribution is -2.31. The average Bonchev–Trinajstić information content (AvgIpc) is 2.91. The number of carbonyl (C=O) groups is 3. The van der Waals surface area contributed by atoms with E-state index in [0.29, 0.717) is 11.1 Å². The van der Waals surface area contributed by atoms with Crippen LogP contribution in [-0.2, 0) is 14.4 Å². The molecule has 2 N–H and O–H groups in total. The van der Waals surface area contributed by atoms with E-state index in [1.165, 1.54) is 4.90 Å². The van der Waals surface area contributed by atoms with E-state index in [1.54, 1.807) is 42.5 Å². The SMILES string of the molecule is Cc1ccc([C@H]2C(=C(O)c3ccccc3)C(=O)C(=O)N2CCC(=O)O)cc1. The summed E-state index contributed by atoms with van der Waals surface area (Å²) in [6, 6.07) is 14.9. The summed E-state index contributed by atoms with van der Waals surface area (Å²) in [5, 5.41) is 19.7. The van der Waals surface area contributed by atoms with E-state index in [-0.39, 0.29) is 24.3 Å². The van der Waals surface area contributed by atoms with Crippen molar-refractivity contribution in [3.63, 3.8) is 0 Å². The van der Waals surface area contributed by atoms with Crippen molar-refractivity contribution in [1.82, 2.24) is 4.90 Å².